The Morgan fingerprint density at radius 1 is 1.17 bits per heavy atom. The molecule has 0 spiro atoms. The second-order valence-electron chi connectivity index (χ2n) is 4.73. The van der Waals surface area contributed by atoms with E-state index in [9.17, 15) is 27.3 Å². The fourth-order valence-electron chi connectivity index (χ4n) is 1.86. The Hall–Kier alpha value is -2.75. The lowest BCUT2D eigenvalue weighted by Gasteiger charge is -2.13. The van der Waals surface area contributed by atoms with Crippen LogP contribution < -0.4 is 9.46 Å². The van der Waals surface area contributed by atoms with Gasteiger partial charge >= 0.3 is 6.61 Å². The lowest BCUT2D eigenvalue weighted by molar-refractivity contribution is -0.384. The molecular formula is C14H12F2N2O5S. The summed E-state index contributed by atoms with van der Waals surface area (Å²) in [5.74, 6) is -0.324. The van der Waals surface area contributed by atoms with Gasteiger partial charge in [0.25, 0.3) is 15.7 Å². The third kappa shape index (κ3) is 4.16. The number of non-ortho nitro benzene ring substituents is 1. The van der Waals surface area contributed by atoms with E-state index in [1.54, 1.807) is 6.92 Å². The molecule has 0 fully saturated rings. The van der Waals surface area contributed by atoms with Gasteiger partial charge in [0.15, 0.2) is 0 Å². The summed E-state index contributed by atoms with van der Waals surface area (Å²) >= 11 is 0. The largest absolute Gasteiger partial charge is 0.433 e. The number of halogens is 2. The first-order valence-corrected chi connectivity index (χ1v) is 8.00. The number of hydrogen-bond donors (Lipinski definition) is 1. The zero-order valence-corrected chi connectivity index (χ0v) is 13.1. The maximum atomic E-state index is 12.4. The van der Waals surface area contributed by atoms with Gasteiger partial charge in [-0.15, -0.1) is 0 Å². The van der Waals surface area contributed by atoms with E-state index in [-0.39, 0.29) is 22.0 Å². The number of aryl methyl sites for hydroxylation is 1. The van der Waals surface area contributed by atoms with Gasteiger partial charge in [-0.25, -0.2) is 8.42 Å². The van der Waals surface area contributed by atoms with Gasteiger partial charge in [-0.3, -0.25) is 14.8 Å². The Kier molecular flexibility index (Phi) is 4.98. The molecule has 10 heteroatoms. The highest BCUT2D eigenvalue weighted by atomic mass is 32.2. The molecule has 2 aromatic carbocycles. The number of hydrogen-bond acceptors (Lipinski definition) is 5. The first kappa shape index (κ1) is 17.6. The van der Waals surface area contributed by atoms with Crippen LogP contribution in [0.25, 0.3) is 0 Å². The van der Waals surface area contributed by atoms with Crippen LogP contribution in [0.4, 0.5) is 20.2 Å². The predicted octanol–water partition coefficient (Wildman–Crippen LogP) is 3.31. The SMILES string of the molecule is Cc1ccc(NS(=O)(=O)c2ccc([N+](=O)[O-])cc2)c(OC(F)F)c1. The molecule has 2 rings (SSSR count). The third-order valence-corrected chi connectivity index (χ3v) is 4.34. The van der Waals surface area contributed by atoms with Crippen molar-refractivity contribution >= 4 is 21.4 Å². The Balaban J connectivity index is 2.33. The van der Waals surface area contributed by atoms with E-state index < -0.39 is 21.6 Å². The topological polar surface area (TPSA) is 98.5 Å². The third-order valence-electron chi connectivity index (χ3n) is 2.96. The molecular weight excluding hydrogens is 346 g/mol. The Labute approximate surface area is 136 Å². The molecule has 24 heavy (non-hydrogen) atoms. The Bertz CT molecular complexity index is 854. The molecule has 0 saturated carbocycles. The second-order valence-corrected chi connectivity index (χ2v) is 6.42. The van der Waals surface area contributed by atoms with Crippen molar-refractivity contribution in [1.29, 1.82) is 0 Å². The number of nitrogens with zero attached hydrogens (tertiary/aromatic N) is 1. The van der Waals surface area contributed by atoms with Crippen molar-refractivity contribution in [3.63, 3.8) is 0 Å². The normalized spacial score (nSPS) is 11.3. The standard InChI is InChI=1S/C14H12F2N2O5S/c1-9-2-7-12(13(8-9)23-14(15)16)17-24(21,22)11-5-3-10(4-6-11)18(19)20/h2-8,14,17H,1H3. The predicted molar refractivity (Wildman–Crippen MR) is 81.7 cm³/mol. The number of nitrogens with one attached hydrogen (secondary N) is 1. The minimum Gasteiger partial charge on any atom is -0.433 e. The number of anilines is 1. The average molecular weight is 358 g/mol. The molecule has 1 N–H and O–H groups in total. The van der Waals surface area contributed by atoms with Crippen molar-refractivity contribution in [2.75, 3.05) is 4.72 Å². The van der Waals surface area contributed by atoms with Crippen molar-refractivity contribution < 1.29 is 26.9 Å². The fraction of sp³-hybridized carbons (Fsp3) is 0.143. The fourth-order valence-corrected chi connectivity index (χ4v) is 2.93. The summed E-state index contributed by atoms with van der Waals surface area (Å²) in [7, 11) is -4.12. The lowest BCUT2D eigenvalue weighted by atomic mass is 10.2. The molecule has 0 aliphatic heterocycles. The summed E-state index contributed by atoms with van der Waals surface area (Å²) in [5, 5.41) is 10.6. The monoisotopic (exact) mass is 358 g/mol. The van der Waals surface area contributed by atoms with Crippen molar-refractivity contribution in [1.82, 2.24) is 0 Å². The van der Waals surface area contributed by atoms with Crippen LogP contribution in [0.3, 0.4) is 0 Å². The maximum absolute atomic E-state index is 12.4. The number of nitro groups is 1. The van der Waals surface area contributed by atoms with Gasteiger partial charge < -0.3 is 4.74 Å². The molecule has 0 atom stereocenters. The van der Waals surface area contributed by atoms with E-state index in [0.29, 0.717) is 5.56 Å². The molecule has 0 aliphatic carbocycles. The zero-order chi connectivity index (χ0) is 17.9. The number of sulfonamides is 1. The highest BCUT2D eigenvalue weighted by Crippen LogP contribution is 2.29. The summed E-state index contributed by atoms with van der Waals surface area (Å²) in [6, 6.07) is 8.22. The number of alkyl halides is 2. The van der Waals surface area contributed by atoms with E-state index in [0.717, 1.165) is 24.3 Å². The van der Waals surface area contributed by atoms with Gasteiger partial charge in [0, 0.05) is 12.1 Å². The van der Waals surface area contributed by atoms with Gasteiger partial charge in [-0.1, -0.05) is 6.07 Å². The second kappa shape index (κ2) is 6.79. The van der Waals surface area contributed by atoms with Gasteiger partial charge in [0.1, 0.15) is 5.75 Å². The van der Waals surface area contributed by atoms with E-state index in [4.69, 9.17) is 0 Å². The van der Waals surface area contributed by atoms with Crippen LogP contribution in [0.5, 0.6) is 5.75 Å². The molecule has 0 heterocycles. The minimum absolute atomic E-state index is 0.167. The Morgan fingerprint density at radius 3 is 2.33 bits per heavy atom. The van der Waals surface area contributed by atoms with E-state index in [1.165, 1.54) is 18.2 Å². The zero-order valence-electron chi connectivity index (χ0n) is 12.3. The van der Waals surface area contributed by atoms with E-state index in [2.05, 4.69) is 9.46 Å². The first-order chi connectivity index (χ1) is 11.2. The Morgan fingerprint density at radius 2 is 1.79 bits per heavy atom. The quantitative estimate of drug-likeness (QED) is 0.631. The van der Waals surface area contributed by atoms with Crippen LogP contribution in [0.15, 0.2) is 47.4 Å². The van der Waals surface area contributed by atoms with Crippen LogP contribution >= 0.6 is 0 Å². The van der Waals surface area contributed by atoms with Crippen molar-refractivity contribution in [2.24, 2.45) is 0 Å². The molecule has 0 bridgehead atoms. The van der Waals surface area contributed by atoms with E-state index >= 15 is 0 Å². The summed E-state index contributed by atoms with van der Waals surface area (Å²) < 4.78 is 55.9. The summed E-state index contributed by atoms with van der Waals surface area (Å²) in [6.45, 7) is -1.48. The summed E-state index contributed by atoms with van der Waals surface area (Å²) in [4.78, 5) is 9.66. The van der Waals surface area contributed by atoms with E-state index in [1.807, 2.05) is 0 Å². The average Bonchev–Trinajstić information content (AvgIpc) is 2.49. The molecule has 0 unspecified atom stereocenters. The van der Waals surface area contributed by atoms with Crippen LogP contribution in [-0.2, 0) is 10.0 Å². The number of ether oxygens (including phenoxy) is 1. The molecule has 0 radical (unpaired) electrons. The summed E-state index contributed by atoms with van der Waals surface area (Å²) in [5.41, 5.74) is 0.161. The first-order valence-electron chi connectivity index (χ1n) is 6.52. The highest BCUT2D eigenvalue weighted by Gasteiger charge is 2.19. The molecule has 2 aromatic rings. The van der Waals surface area contributed by atoms with Crippen LogP contribution in [-0.4, -0.2) is 20.0 Å². The highest BCUT2D eigenvalue weighted by molar-refractivity contribution is 7.92. The lowest BCUT2D eigenvalue weighted by Crippen LogP contribution is -2.14. The molecule has 128 valence electrons. The van der Waals surface area contributed by atoms with Crippen molar-refractivity contribution in [3.8, 4) is 5.75 Å². The van der Waals surface area contributed by atoms with Gasteiger partial charge in [-0.05, 0) is 36.8 Å². The molecule has 0 aromatic heterocycles. The van der Waals surface area contributed by atoms with Crippen molar-refractivity contribution in [2.45, 2.75) is 18.4 Å². The van der Waals surface area contributed by atoms with Crippen LogP contribution in [0.1, 0.15) is 5.56 Å². The molecule has 7 nitrogen and oxygen atoms in total. The van der Waals surface area contributed by atoms with Gasteiger partial charge in [-0.2, -0.15) is 8.78 Å². The number of rotatable bonds is 6. The van der Waals surface area contributed by atoms with Crippen molar-refractivity contribution in [3.05, 3.63) is 58.1 Å². The van der Waals surface area contributed by atoms with Gasteiger partial charge in [0.2, 0.25) is 0 Å². The maximum Gasteiger partial charge on any atom is 0.387 e. The molecule has 0 amide bonds. The van der Waals surface area contributed by atoms with Crippen LogP contribution in [0.2, 0.25) is 0 Å². The minimum atomic E-state index is -4.12. The molecule has 0 saturated heterocycles. The number of benzene rings is 2. The van der Waals surface area contributed by atoms with Gasteiger partial charge in [0.05, 0.1) is 15.5 Å². The van der Waals surface area contributed by atoms with Crippen LogP contribution in [0, 0.1) is 17.0 Å². The summed E-state index contributed by atoms with van der Waals surface area (Å²) in [6.07, 6.45) is 0. The molecule has 0 aliphatic rings. The smallest absolute Gasteiger partial charge is 0.387 e. The number of nitro benzene ring substituents is 1.